The second-order valence-electron chi connectivity index (χ2n) is 6.81. The largest absolute Gasteiger partial charge is 0.508 e. The summed E-state index contributed by atoms with van der Waals surface area (Å²) in [6.07, 6.45) is 0.874. The summed E-state index contributed by atoms with van der Waals surface area (Å²) in [7, 11) is -3.62. The Labute approximate surface area is 160 Å². The third kappa shape index (κ3) is 10.9. The average Bonchev–Trinajstić information content (AvgIpc) is 2.55. The minimum absolute atomic E-state index is 0.00313. The highest BCUT2D eigenvalue weighted by molar-refractivity contribution is 7.89. The van der Waals surface area contributed by atoms with E-state index in [1.807, 2.05) is 20.8 Å². The van der Waals surface area contributed by atoms with Crippen molar-refractivity contribution in [2.24, 2.45) is 0 Å². The van der Waals surface area contributed by atoms with Crippen molar-refractivity contribution in [2.75, 3.05) is 33.0 Å². The van der Waals surface area contributed by atoms with E-state index in [0.29, 0.717) is 32.7 Å². The van der Waals surface area contributed by atoms with E-state index in [2.05, 4.69) is 4.72 Å². The van der Waals surface area contributed by atoms with E-state index in [9.17, 15) is 18.3 Å². The summed E-state index contributed by atoms with van der Waals surface area (Å²) < 4.78 is 42.2. The number of sulfonamides is 1. The van der Waals surface area contributed by atoms with Gasteiger partial charge >= 0.3 is 5.97 Å². The van der Waals surface area contributed by atoms with E-state index in [0.717, 1.165) is 0 Å². The number of nitrogens with one attached hydrogen (secondary N) is 1. The molecule has 8 nitrogen and oxygen atoms in total. The molecule has 0 aliphatic heterocycles. The number of carbonyl (C=O) groups is 1. The van der Waals surface area contributed by atoms with E-state index < -0.39 is 15.6 Å². The number of esters is 1. The number of carbonyl (C=O) groups excluding carboxylic acids is 1. The maximum atomic E-state index is 12.0. The van der Waals surface area contributed by atoms with Crippen LogP contribution in [0.5, 0.6) is 5.75 Å². The van der Waals surface area contributed by atoms with Crippen molar-refractivity contribution in [3.63, 3.8) is 0 Å². The standard InChI is InChI=1S/C18H29NO7S/c1-18(2,3)26-17(21)5-4-11-24-13-14-25-12-10-19-27(22,23)16-8-6-15(20)7-9-16/h6-9,19-20H,4-5,10-14H2,1-3H3. The van der Waals surface area contributed by atoms with E-state index >= 15 is 0 Å². The van der Waals surface area contributed by atoms with Crippen LogP contribution in [0.2, 0.25) is 0 Å². The Kier molecular flexibility index (Phi) is 9.71. The minimum atomic E-state index is -3.62. The van der Waals surface area contributed by atoms with E-state index in [-0.39, 0.29) is 29.8 Å². The van der Waals surface area contributed by atoms with Gasteiger partial charge in [0.15, 0.2) is 0 Å². The SMILES string of the molecule is CC(C)(C)OC(=O)CCCOCCOCCNS(=O)(=O)c1ccc(O)cc1. The van der Waals surface area contributed by atoms with E-state index in [1.54, 1.807) is 0 Å². The molecular weight excluding hydrogens is 374 g/mol. The molecule has 0 spiro atoms. The summed E-state index contributed by atoms with van der Waals surface area (Å²) in [5.74, 6) is -0.244. The zero-order valence-corrected chi connectivity index (χ0v) is 16.9. The number of phenols is 1. The highest BCUT2D eigenvalue weighted by Gasteiger charge is 2.15. The van der Waals surface area contributed by atoms with Crippen LogP contribution < -0.4 is 4.72 Å². The molecule has 0 fully saturated rings. The summed E-state index contributed by atoms with van der Waals surface area (Å²) in [6.45, 7) is 6.92. The number of hydrogen-bond donors (Lipinski definition) is 2. The van der Waals surface area contributed by atoms with Crippen LogP contribution in [0.1, 0.15) is 33.6 Å². The molecular formula is C18H29NO7S. The highest BCUT2D eigenvalue weighted by atomic mass is 32.2. The van der Waals surface area contributed by atoms with Crippen molar-refractivity contribution in [1.29, 1.82) is 0 Å². The topological polar surface area (TPSA) is 111 Å². The van der Waals surface area contributed by atoms with Crippen LogP contribution in [-0.4, -0.2) is 58.1 Å². The molecule has 0 aliphatic rings. The number of benzene rings is 1. The van der Waals surface area contributed by atoms with Crippen molar-refractivity contribution in [3.05, 3.63) is 24.3 Å². The lowest BCUT2D eigenvalue weighted by molar-refractivity contribution is -0.155. The molecule has 0 saturated heterocycles. The van der Waals surface area contributed by atoms with Crippen molar-refractivity contribution in [1.82, 2.24) is 4.72 Å². The fourth-order valence-corrected chi connectivity index (χ4v) is 3.00. The summed E-state index contributed by atoms with van der Waals surface area (Å²) in [4.78, 5) is 11.6. The molecule has 9 heteroatoms. The summed E-state index contributed by atoms with van der Waals surface area (Å²) >= 11 is 0. The van der Waals surface area contributed by atoms with Gasteiger partial charge < -0.3 is 19.3 Å². The Bertz CT molecular complexity index is 666. The normalized spacial score (nSPS) is 12.1. The zero-order valence-electron chi connectivity index (χ0n) is 16.1. The molecule has 0 unspecified atom stereocenters. The van der Waals surface area contributed by atoms with Crippen LogP contribution in [0.3, 0.4) is 0 Å². The molecule has 2 N–H and O–H groups in total. The molecule has 0 saturated carbocycles. The number of phenolic OH excluding ortho intramolecular Hbond substituents is 1. The minimum Gasteiger partial charge on any atom is -0.508 e. The lowest BCUT2D eigenvalue weighted by Gasteiger charge is -2.19. The van der Waals surface area contributed by atoms with Gasteiger partial charge in [-0.25, -0.2) is 13.1 Å². The second kappa shape index (κ2) is 11.2. The maximum Gasteiger partial charge on any atom is 0.306 e. The van der Waals surface area contributed by atoms with Crippen LogP contribution in [0.15, 0.2) is 29.2 Å². The quantitative estimate of drug-likeness (QED) is 0.404. The van der Waals surface area contributed by atoms with Gasteiger partial charge in [-0.3, -0.25) is 4.79 Å². The fourth-order valence-electron chi connectivity index (χ4n) is 1.99. The Balaban J connectivity index is 2.03. The maximum absolute atomic E-state index is 12.0. The Morgan fingerprint density at radius 3 is 2.22 bits per heavy atom. The van der Waals surface area contributed by atoms with Gasteiger partial charge in [-0.1, -0.05) is 0 Å². The van der Waals surface area contributed by atoms with Crippen molar-refractivity contribution in [2.45, 2.75) is 44.1 Å². The van der Waals surface area contributed by atoms with Crippen LogP contribution >= 0.6 is 0 Å². The summed E-state index contributed by atoms with van der Waals surface area (Å²) in [5, 5.41) is 9.17. The van der Waals surface area contributed by atoms with Gasteiger partial charge in [-0.15, -0.1) is 0 Å². The number of aromatic hydroxyl groups is 1. The fraction of sp³-hybridized carbons (Fsp3) is 0.611. The first-order valence-corrected chi connectivity index (χ1v) is 10.2. The lowest BCUT2D eigenvalue weighted by atomic mass is 10.2. The predicted octanol–water partition coefficient (Wildman–Crippen LogP) is 1.83. The van der Waals surface area contributed by atoms with Crippen molar-refractivity contribution in [3.8, 4) is 5.75 Å². The molecule has 0 radical (unpaired) electrons. The zero-order chi connectivity index (χ0) is 20.3. The molecule has 1 rings (SSSR count). The van der Waals surface area contributed by atoms with Gasteiger partial charge in [-0.2, -0.15) is 0 Å². The van der Waals surface area contributed by atoms with Crippen LogP contribution in [0, 0.1) is 0 Å². The van der Waals surface area contributed by atoms with Crippen LogP contribution in [-0.2, 0) is 29.0 Å². The monoisotopic (exact) mass is 403 g/mol. The third-order valence-electron chi connectivity index (χ3n) is 3.15. The Morgan fingerprint density at radius 2 is 1.63 bits per heavy atom. The van der Waals surface area contributed by atoms with E-state index in [4.69, 9.17) is 14.2 Å². The molecule has 0 heterocycles. The molecule has 154 valence electrons. The Morgan fingerprint density at radius 1 is 1.04 bits per heavy atom. The predicted molar refractivity (Wildman–Crippen MR) is 100 cm³/mol. The van der Waals surface area contributed by atoms with Gasteiger partial charge in [0.2, 0.25) is 10.0 Å². The molecule has 1 aromatic rings. The Hall–Kier alpha value is -1.68. The molecule has 0 amide bonds. The molecule has 1 aromatic carbocycles. The van der Waals surface area contributed by atoms with Crippen molar-refractivity contribution < 1.29 is 32.5 Å². The molecule has 27 heavy (non-hydrogen) atoms. The highest BCUT2D eigenvalue weighted by Crippen LogP contribution is 2.13. The van der Waals surface area contributed by atoms with Gasteiger partial charge in [-0.05, 0) is 51.5 Å². The summed E-state index contributed by atoms with van der Waals surface area (Å²) in [5.41, 5.74) is -0.477. The summed E-state index contributed by atoms with van der Waals surface area (Å²) in [6, 6.07) is 5.27. The van der Waals surface area contributed by atoms with Crippen molar-refractivity contribution >= 4 is 16.0 Å². The van der Waals surface area contributed by atoms with Gasteiger partial charge in [0.25, 0.3) is 0 Å². The van der Waals surface area contributed by atoms with Gasteiger partial charge in [0.1, 0.15) is 11.4 Å². The van der Waals surface area contributed by atoms with Gasteiger partial charge in [0.05, 0.1) is 24.7 Å². The van der Waals surface area contributed by atoms with Crippen LogP contribution in [0.25, 0.3) is 0 Å². The van der Waals surface area contributed by atoms with E-state index in [1.165, 1.54) is 24.3 Å². The lowest BCUT2D eigenvalue weighted by Crippen LogP contribution is -2.27. The molecule has 0 atom stereocenters. The van der Waals surface area contributed by atoms with Gasteiger partial charge in [0, 0.05) is 19.6 Å². The second-order valence-corrected chi connectivity index (χ2v) is 8.57. The number of rotatable bonds is 12. The molecule has 0 bridgehead atoms. The first kappa shape index (κ1) is 23.4. The number of hydrogen-bond acceptors (Lipinski definition) is 7. The first-order valence-electron chi connectivity index (χ1n) is 8.76. The smallest absolute Gasteiger partial charge is 0.306 e. The molecule has 0 aromatic heterocycles. The third-order valence-corrected chi connectivity index (χ3v) is 4.62. The van der Waals surface area contributed by atoms with Crippen LogP contribution in [0.4, 0.5) is 0 Å². The molecule has 0 aliphatic carbocycles. The first-order chi connectivity index (χ1) is 12.6. The number of ether oxygens (including phenoxy) is 3. The average molecular weight is 403 g/mol.